The van der Waals surface area contributed by atoms with E-state index in [2.05, 4.69) is 0 Å². The molecule has 0 N–H and O–H groups in total. The van der Waals surface area contributed by atoms with Crippen LogP contribution in [0.4, 0.5) is 0 Å². The Balaban J connectivity index is 1.52. The second-order valence-corrected chi connectivity index (χ2v) is 10.6. The van der Waals surface area contributed by atoms with E-state index in [9.17, 15) is 19.2 Å². The minimum atomic E-state index is -0.796. The van der Waals surface area contributed by atoms with Gasteiger partial charge in [-0.25, -0.2) is 19.2 Å². The molecule has 240 valence electrons. The number of ether oxygens (including phenoxy) is 4. The molecule has 0 aromatic heterocycles. The van der Waals surface area contributed by atoms with Gasteiger partial charge in [-0.1, -0.05) is 121 Å². The van der Waals surface area contributed by atoms with Crippen LogP contribution in [0.25, 0.3) is 24.3 Å². The van der Waals surface area contributed by atoms with Gasteiger partial charge in [0.05, 0.1) is 22.3 Å². The maximum atomic E-state index is 13.4. The van der Waals surface area contributed by atoms with Gasteiger partial charge in [0.2, 0.25) is 0 Å². The number of cyclic esters (lactones) is 4. The summed E-state index contributed by atoms with van der Waals surface area (Å²) in [6.07, 6.45) is 6.16. The summed E-state index contributed by atoms with van der Waals surface area (Å²) in [7, 11) is 0. The molecular weight excluding hydrogens is 608 g/mol. The zero-order valence-corrected chi connectivity index (χ0v) is 26.0. The number of carbonyl (C=O) groups is 4. The summed E-state index contributed by atoms with van der Waals surface area (Å²) in [6, 6.07) is 35.9. The van der Waals surface area contributed by atoms with Crippen molar-refractivity contribution in [3.8, 4) is 0 Å². The van der Waals surface area contributed by atoms with Gasteiger partial charge < -0.3 is 18.9 Å². The average Bonchev–Trinajstić information content (AvgIpc) is 3.12. The standard InChI is InChI=1S/C40H32O8/c41-37-33(21-29-13-5-1-6-14-29)25-45-38(42)35(23-31-17-9-3-10-18-31)27-47-40(44)36(24-32-19-11-4-12-20-32)28-48-39(43)34(26-46-37)22-30-15-7-2-8-16-30/h1-24H,25-28H2. The molecule has 4 aromatic rings. The lowest BCUT2D eigenvalue weighted by atomic mass is 10.1. The van der Waals surface area contributed by atoms with Crippen LogP contribution < -0.4 is 0 Å². The molecule has 0 bridgehead atoms. The summed E-state index contributed by atoms with van der Waals surface area (Å²) >= 11 is 0. The fraction of sp³-hybridized carbons (Fsp3) is 0.100. The number of esters is 4. The molecule has 8 nitrogen and oxygen atoms in total. The van der Waals surface area contributed by atoms with Crippen molar-refractivity contribution in [2.24, 2.45) is 0 Å². The van der Waals surface area contributed by atoms with Gasteiger partial charge in [0.15, 0.2) is 0 Å². The van der Waals surface area contributed by atoms with E-state index < -0.39 is 50.3 Å². The van der Waals surface area contributed by atoms with Crippen molar-refractivity contribution < 1.29 is 38.1 Å². The third-order valence-electron chi connectivity index (χ3n) is 7.05. The van der Waals surface area contributed by atoms with Crippen LogP contribution in [0.2, 0.25) is 0 Å². The van der Waals surface area contributed by atoms with E-state index in [-0.39, 0.29) is 22.3 Å². The normalized spacial score (nSPS) is 18.7. The first kappa shape index (κ1) is 33.1. The Hall–Kier alpha value is -6.28. The Bertz CT molecular complexity index is 1580. The summed E-state index contributed by atoms with van der Waals surface area (Å²) in [5, 5.41) is 0. The molecule has 0 saturated carbocycles. The Kier molecular flexibility index (Phi) is 11.6. The average molecular weight is 641 g/mol. The number of hydrogen-bond donors (Lipinski definition) is 0. The molecule has 0 amide bonds. The van der Waals surface area contributed by atoms with Gasteiger partial charge >= 0.3 is 23.9 Å². The van der Waals surface area contributed by atoms with Crippen LogP contribution in [0.15, 0.2) is 144 Å². The van der Waals surface area contributed by atoms with E-state index in [1.54, 1.807) is 121 Å². The van der Waals surface area contributed by atoms with Crippen molar-refractivity contribution >= 4 is 48.2 Å². The largest absolute Gasteiger partial charge is 0.457 e. The molecule has 48 heavy (non-hydrogen) atoms. The molecule has 5 rings (SSSR count). The molecule has 1 heterocycles. The SMILES string of the molecule is O=C1OCC(=Cc2ccccc2)C(=O)OCC(=Cc2ccccc2)C(=O)OCC(=Cc2ccccc2)C(=O)OCC1=Cc1ccccc1. The number of hydrogen-bond acceptors (Lipinski definition) is 8. The van der Waals surface area contributed by atoms with Crippen LogP contribution >= 0.6 is 0 Å². The monoisotopic (exact) mass is 640 g/mol. The fourth-order valence-corrected chi connectivity index (χ4v) is 4.58. The Morgan fingerprint density at radius 2 is 0.500 bits per heavy atom. The first-order valence-corrected chi connectivity index (χ1v) is 15.2. The van der Waals surface area contributed by atoms with E-state index in [1.165, 1.54) is 0 Å². The summed E-state index contributed by atoms with van der Waals surface area (Å²) in [4.78, 5) is 53.8. The number of benzene rings is 4. The van der Waals surface area contributed by atoms with Crippen molar-refractivity contribution in [1.29, 1.82) is 0 Å². The predicted octanol–water partition coefficient (Wildman–Crippen LogP) is 6.51. The third kappa shape index (κ3) is 9.86. The highest BCUT2D eigenvalue weighted by Gasteiger charge is 2.23. The second kappa shape index (κ2) is 16.9. The highest BCUT2D eigenvalue weighted by atomic mass is 16.6. The Labute approximate surface area is 278 Å². The van der Waals surface area contributed by atoms with Gasteiger partial charge in [0.1, 0.15) is 26.4 Å². The highest BCUT2D eigenvalue weighted by molar-refractivity contribution is 6.00. The lowest BCUT2D eigenvalue weighted by molar-refractivity contribution is -0.144. The van der Waals surface area contributed by atoms with Crippen LogP contribution in [0.5, 0.6) is 0 Å². The van der Waals surface area contributed by atoms with Crippen molar-refractivity contribution in [2.45, 2.75) is 0 Å². The first-order chi connectivity index (χ1) is 23.4. The maximum absolute atomic E-state index is 13.4. The summed E-state index contributed by atoms with van der Waals surface area (Å²) in [5.74, 6) is -3.18. The van der Waals surface area contributed by atoms with Crippen LogP contribution in [0.3, 0.4) is 0 Å². The first-order valence-electron chi connectivity index (χ1n) is 15.2. The van der Waals surface area contributed by atoms with E-state index in [0.29, 0.717) is 22.3 Å². The summed E-state index contributed by atoms with van der Waals surface area (Å²) in [5.41, 5.74) is 2.78. The van der Waals surface area contributed by atoms with Crippen molar-refractivity contribution in [2.75, 3.05) is 26.4 Å². The van der Waals surface area contributed by atoms with Gasteiger partial charge in [-0.05, 0) is 46.6 Å². The quantitative estimate of drug-likeness (QED) is 0.141. The van der Waals surface area contributed by atoms with Crippen molar-refractivity contribution in [3.63, 3.8) is 0 Å². The van der Waals surface area contributed by atoms with E-state index >= 15 is 0 Å². The fourth-order valence-electron chi connectivity index (χ4n) is 4.58. The van der Waals surface area contributed by atoms with Gasteiger partial charge in [-0.3, -0.25) is 0 Å². The van der Waals surface area contributed by atoms with Crippen LogP contribution in [-0.4, -0.2) is 50.3 Å². The molecule has 1 saturated heterocycles. The lowest BCUT2D eigenvalue weighted by Gasteiger charge is -2.15. The van der Waals surface area contributed by atoms with Crippen molar-refractivity contribution in [1.82, 2.24) is 0 Å². The minimum Gasteiger partial charge on any atom is -0.457 e. The Morgan fingerprint density at radius 1 is 0.312 bits per heavy atom. The molecular formula is C40H32O8. The Morgan fingerprint density at radius 3 is 0.688 bits per heavy atom. The summed E-state index contributed by atoms with van der Waals surface area (Å²) < 4.78 is 22.4. The van der Waals surface area contributed by atoms with E-state index in [1.807, 2.05) is 24.3 Å². The molecule has 1 aliphatic rings. The topological polar surface area (TPSA) is 105 Å². The lowest BCUT2D eigenvalue weighted by Crippen LogP contribution is -2.23. The predicted molar refractivity (Wildman–Crippen MR) is 182 cm³/mol. The molecule has 0 spiro atoms. The van der Waals surface area contributed by atoms with Gasteiger partial charge in [-0.2, -0.15) is 0 Å². The highest BCUT2D eigenvalue weighted by Crippen LogP contribution is 2.18. The van der Waals surface area contributed by atoms with E-state index in [4.69, 9.17) is 18.9 Å². The zero-order valence-electron chi connectivity index (χ0n) is 26.0. The van der Waals surface area contributed by atoms with Gasteiger partial charge in [-0.15, -0.1) is 0 Å². The second-order valence-electron chi connectivity index (χ2n) is 10.6. The smallest absolute Gasteiger partial charge is 0.337 e. The number of rotatable bonds is 4. The minimum absolute atomic E-state index is 0.0261. The van der Waals surface area contributed by atoms with E-state index in [0.717, 1.165) is 0 Å². The van der Waals surface area contributed by atoms with Crippen LogP contribution in [-0.2, 0) is 38.1 Å². The third-order valence-corrected chi connectivity index (χ3v) is 7.05. The number of carbonyl (C=O) groups excluding carboxylic acids is 4. The maximum Gasteiger partial charge on any atom is 0.337 e. The molecule has 0 radical (unpaired) electrons. The molecule has 0 aliphatic carbocycles. The van der Waals surface area contributed by atoms with Crippen LogP contribution in [0, 0.1) is 0 Å². The zero-order chi connectivity index (χ0) is 33.6. The molecule has 0 atom stereocenters. The van der Waals surface area contributed by atoms with Crippen LogP contribution in [0.1, 0.15) is 22.3 Å². The molecule has 1 fully saturated rings. The molecule has 0 unspecified atom stereocenters. The van der Waals surface area contributed by atoms with Gasteiger partial charge in [0, 0.05) is 0 Å². The van der Waals surface area contributed by atoms with Gasteiger partial charge in [0.25, 0.3) is 0 Å². The molecule has 1 aliphatic heterocycles. The summed E-state index contributed by atoms with van der Waals surface area (Å²) in [6.45, 7) is -1.80. The molecule has 4 aromatic carbocycles. The van der Waals surface area contributed by atoms with Crippen molar-refractivity contribution in [3.05, 3.63) is 166 Å². The molecule has 8 heteroatoms.